The summed E-state index contributed by atoms with van der Waals surface area (Å²) in [5, 5.41) is 2.64. The first-order valence-electron chi connectivity index (χ1n) is 9.88. The molecule has 6 nitrogen and oxygen atoms in total. The largest absolute Gasteiger partial charge is 0.416 e. The molecule has 170 valence electrons. The molecule has 0 bridgehead atoms. The third kappa shape index (κ3) is 6.13. The molecule has 2 heterocycles. The van der Waals surface area contributed by atoms with Crippen LogP contribution in [0.4, 0.5) is 24.5 Å². The number of amides is 1. The van der Waals surface area contributed by atoms with Gasteiger partial charge < -0.3 is 10.2 Å². The highest BCUT2D eigenvalue weighted by atomic mass is 32.2. The third-order valence-electron chi connectivity index (χ3n) is 4.91. The molecule has 1 saturated heterocycles. The number of thiophene rings is 1. The van der Waals surface area contributed by atoms with E-state index in [-0.39, 0.29) is 15.8 Å². The highest BCUT2D eigenvalue weighted by molar-refractivity contribution is 7.94. The first-order chi connectivity index (χ1) is 14.6. The molecule has 1 aromatic heterocycles. The number of carbonyl (C=O) groups is 1. The molecule has 1 amide bonds. The number of anilines is 2. The Hall–Kier alpha value is -2.27. The van der Waals surface area contributed by atoms with E-state index in [0.29, 0.717) is 31.7 Å². The predicted molar refractivity (Wildman–Crippen MR) is 115 cm³/mol. The molecule has 0 aliphatic carbocycles. The third-order valence-corrected chi connectivity index (χ3v) is 7.91. The van der Waals surface area contributed by atoms with Crippen LogP contribution in [0.15, 0.2) is 34.5 Å². The van der Waals surface area contributed by atoms with E-state index in [0.717, 1.165) is 47.6 Å². The number of piperidine rings is 1. The molecule has 2 N–H and O–H groups in total. The van der Waals surface area contributed by atoms with Crippen LogP contribution in [0.3, 0.4) is 0 Å². The van der Waals surface area contributed by atoms with Gasteiger partial charge in [0.05, 0.1) is 16.9 Å². The van der Waals surface area contributed by atoms with Gasteiger partial charge in [-0.3, -0.25) is 9.52 Å². The van der Waals surface area contributed by atoms with Crippen molar-refractivity contribution >= 4 is 38.6 Å². The molecular formula is C20H24F3N3O3S2. The van der Waals surface area contributed by atoms with Crippen molar-refractivity contribution in [1.82, 2.24) is 5.32 Å². The van der Waals surface area contributed by atoms with Gasteiger partial charge in [-0.05, 0) is 56.0 Å². The van der Waals surface area contributed by atoms with Crippen molar-refractivity contribution in [2.24, 2.45) is 0 Å². The fourth-order valence-corrected chi connectivity index (χ4v) is 5.82. The lowest BCUT2D eigenvalue weighted by molar-refractivity contribution is -0.137. The maximum Gasteiger partial charge on any atom is 0.416 e. The lowest BCUT2D eigenvalue weighted by Crippen LogP contribution is -2.30. The van der Waals surface area contributed by atoms with Crippen LogP contribution in [0.2, 0.25) is 0 Å². The summed E-state index contributed by atoms with van der Waals surface area (Å²) in [7, 11) is -4.07. The SMILES string of the molecule is CC(=O)NCCc1ccc(S(=O)(=O)Nc2cc(C(F)(F)F)ccc2N2CCCCC2)s1. The zero-order chi connectivity index (χ0) is 22.6. The van der Waals surface area contributed by atoms with Gasteiger partial charge in [0.25, 0.3) is 10.0 Å². The number of halogens is 3. The highest BCUT2D eigenvalue weighted by Crippen LogP contribution is 2.37. The number of nitrogens with one attached hydrogen (secondary N) is 2. The van der Waals surface area contributed by atoms with Crippen LogP contribution < -0.4 is 14.9 Å². The van der Waals surface area contributed by atoms with E-state index in [1.54, 1.807) is 6.07 Å². The van der Waals surface area contributed by atoms with Crippen LogP contribution in [0.1, 0.15) is 36.6 Å². The van der Waals surface area contributed by atoms with Gasteiger partial charge in [-0.1, -0.05) is 0 Å². The first-order valence-corrected chi connectivity index (χ1v) is 12.2. The van der Waals surface area contributed by atoms with Gasteiger partial charge in [0.2, 0.25) is 5.91 Å². The minimum absolute atomic E-state index is 0.00679. The minimum Gasteiger partial charge on any atom is -0.370 e. The number of rotatable bonds is 7. The number of alkyl halides is 3. The molecule has 31 heavy (non-hydrogen) atoms. The smallest absolute Gasteiger partial charge is 0.370 e. The van der Waals surface area contributed by atoms with Gasteiger partial charge in [0.1, 0.15) is 4.21 Å². The number of hydrogen-bond acceptors (Lipinski definition) is 5. The van der Waals surface area contributed by atoms with Crippen molar-refractivity contribution in [3.8, 4) is 0 Å². The van der Waals surface area contributed by atoms with Crippen molar-refractivity contribution in [3.05, 3.63) is 40.8 Å². The fourth-order valence-electron chi connectivity index (χ4n) is 3.40. The molecule has 11 heteroatoms. The fraction of sp³-hybridized carbons (Fsp3) is 0.450. The van der Waals surface area contributed by atoms with Crippen LogP contribution in [0.5, 0.6) is 0 Å². The van der Waals surface area contributed by atoms with Gasteiger partial charge >= 0.3 is 6.18 Å². The van der Waals surface area contributed by atoms with E-state index in [1.807, 2.05) is 4.90 Å². The van der Waals surface area contributed by atoms with E-state index in [1.165, 1.54) is 19.1 Å². The number of carbonyl (C=O) groups excluding carboxylic acids is 1. The standard InChI is InChI=1S/C20H24F3N3O3S2/c1-14(27)24-10-9-16-6-8-19(30-16)31(28,29)25-17-13-15(20(21,22)23)5-7-18(17)26-11-3-2-4-12-26/h5-8,13,25H,2-4,9-12H2,1H3,(H,24,27). The Morgan fingerprint density at radius 1 is 1.13 bits per heavy atom. The first kappa shape index (κ1) is 23.4. The van der Waals surface area contributed by atoms with Gasteiger partial charge in [0.15, 0.2) is 0 Å². The van der Waals surface area contributed by atoms with E-state index in [9.17, 15) is 26.4 Å². The van der Waals surface area contributed by atoms with Crippen molar-refractivity contribution in [2.45, 2.75) is 43.0 Å². The van der Waals surface area contributed by atoms with Crippen LogP contribution in [-0.4, -0.2) is 34.0 Å². The number of nitrogens with zero attached hydrogens (tertiary/aromatic N) is 1. The Morgan fingerprint density at radius 3 is 2.48 bits per heavy atom. The summed E-state index contributed by atoms with van der Waals surface area (Å²) in [6, 6.07) is 6.22. The summed E-state index contributed by atoms with van der Waals surface area (Å²) < 4.78 is 68.0. The Bertz CT molecular complexity index is 1030. The zero-order valence-corrected chi connectivity index (χ0v) is 18.6. The lowest BCUT2D eigenvalue weighted by atomic mass is 10.1. The Balaban J connectivity index is 1.86. The van der Waals surface area contributed by atoms with E-state index in [4.69, 9.17) is 0 Å². The second-order valence-corrected chi connectivity index (χ2v) is 10.4. The number of sulfonamides is 1. The summed E-state index contributed by atoms with van der Waals surface area (Å²) in [6.45, 7) is 3.08. The summed E-state index contributed by atoms with van der Waals surface area (Å²) >= 11 is 1.02. The van der Waals surface area contributed by atoms with E-state index in [2.05, 4.69) is 10.0 Å². The minimum atomic E-state index is -4.58. The van der Waals surface area contributed by atoms with E-state index < -0.39 is 21.8 Å². The van der Waals surface area contributed by atoms with Gasteiger partial charge in [-0.15, -0.1) is 11.3 Å². The molecule has 1 aliphatic heterocycles. The summed E-state index contributed by atoms with van der Waals surface area (Å²) in [5.41, 5.74) is -0.545. The molecule has 2 aromatic rings. The monoisotopic (exact) mass is 475 g/mol. The molecule has 0 spiro atoms. The van der Waals surface area contributed by atoms with Crippen LogP contribution in [-0.2, 0) is 27.4 Å². The van der Waals surface area contributed by atoms with Crippen molar-refractivity contribution in [1.29, 1.82) is 0 Å². The molecule has 1 fully saturated rings. The van der Waals surface area contributed by atoms with Gasteiger partial charge in [-0.2, -0.15) is 13.2 Å². The van der Waals surface area contributed by atoms with Crippen molar-refractivity contribution in [2.75, 3.05) is 29.3 Å². The molecule has 0 unspecified atom stereocenters. The Kier molecular flexibility index (Phi) is 7.15. The molecule has 0 radical (unpaired) electrons. The maximum absolute atomic E-state index is 13.3. The lowest BCUT2D eigenvalue weighted by Gasteiger charge is -2.31. The molecule has 0 saturated carbocycles. The van der Waals surface area contributed by atoms with Gasteiger partial charge in [-0.25, -0.2) is 8.42 Å². The Morgan fingerprint density at radius 2 is 1.84 bits per heavy atom. The van der Waals surface area contributed by atoms with Gasteiger partial charge in [0, 0.05) is 31.4 Å². The molecular weight excluding hydrogens is 451 g/mol. The van der Waals surface area contributed by atoms with Crippen molar-refractivity contribution < 1.29 is 26.4 Å². The van der Waals surface area contributed by atoms with Crippen molar-refractivity contribution in [3.63, 3.8) is 0 Å². The maximum atomic E-state index is 13.3. The van der Waals surface area contributed by atoms with Crippen LogP contribution >= 0.6 is 11.3 Å². The topological polar surface area (TPSA) is 78.5 Å². The number of hydrogen-bond donors (Lipinski definition) is 2. The average Bonchev–Trinajstić information content (AvgIpc) is 3.17. The van der Waals surface area contributed by atoms with E-state index >= 15 is 0 Å². The summed E-state index contributed by atoms with van der Waals surface area (Å²) in [6.07, 6.45) is -1.29. The van der Waals surface area contributed by atoms with Crippen LogP contribution in [0, 0.1) is 0 Å². The molecule has 3 rings (SSSR count). The number of benzene rings is 1. The van der Waals surface area contributed by atoms with Crippen LogP contribution in [0.25, 0.3) is 0 Å². The second kappa shape index (κ2) is 9.47. The summed E-state index contributed by atoms with van der Waals surface area (Å²) in [5.74, 6) is -0.180. The molecule has 1 aromatic carbocycles. The zero-order valence-electron chi connectivity index (χ0n) is 17.0. The quantitative estimate of drug-likeness (QED) is 0.628. The second-order valence-electron chi connectivity index (χ2n) is 7.34. The molecule has 1 aliphatic rings. The Labute approximate surface area is 183 Å². The average molecular weight is 476 g/mol. The highest BCUT2D eigenvalue weighted by Gasteiger charge is 2.32. The predicted octanol–water partition coefficient (Wildman–Crippen LogP) is 4.24. The summed E-state index contributed by atoms with van der Waals surface area (Å²) in [4.78, 5) is 13.6. The normalized spacial score (nSPS) is 15.0. The molecule has 0 atom stereocenters.